The van der Waals surface area contributed by atoms with Gasteiger partial charge in [-0.3, -0.25) is 9.99 Å². The first-order chi connectivity index (χ1) is 7.31. The molecule has 0 bridgehead atoms. The third-order valence-corrected chi connectivity index (χ3v) is 1.84. The number of imidazole rings is 1. The Bertz CT molecular complexity index is 433. The minimum atomic E-state index is -0.406. The first-order valence-electron chi connectivity index (χ1n) is 4.51. The van der Waals surface area contributed by atoms with E-state index in [-0.39, 0.29) is 0 Å². The van der Waals surface area contributed by atoms with Crippen molar-refractivity contribution in [3.63, 3.8) is 0 Å². The molecule has 1 aromatic heterocycles. The summed E-state index contributed by atoms with van der Waals surface area (Å²) in [6.07, 6.45) is 6.21. The van der Waals surface area contributed by atoms with E-state index < -0.39 is 5.97 Å². The van der Waals surface area contributed by atoms with Crippen molar-refractivity contribution in [2.45, 2.75) is 6.92 Å². The zero-order chi connectivity index (χ0) is 10.7. The predicted octanol–water partition coefficient (Wildman–Crippen LogP) is 0.182. The van der Waals surface area contributed by atoms with Crippen LogP contribution in [0.1, 0.15) is 12.6 Å². The van der Waals surface area contributed by atoms with Gasteiger partial charge < -0.3 is 4.74 Å². The molecule has 15 heavy (non-hydrogen) atoms. The van der Waals surface area contributed by atoms with Crippen LogP contribution in [0.5, 0.6) is 0 Å². The Morgan fingerprint density at radius 1 is 1.73 bits per heavy atom. The van der Waals surface area contributed by atoms with Gasteiger partial charge in [0.1, 0.15) is 12.1 Å². The number of carbonyl (C=O) groups excluding carboxylic acids is 1. The average Bonchev–Trinajstić information content (AvgIpc) is 2.67. The van der Waals surface area contributed by atoms with E-state index in [0.717, 1.165) is 5.69 Å². The van der Waals surface area contributed by atoms with Crippen molar-refractivity contribution in [2.24, 2.45) is 5.10 Å². The van der Waals surface area contributed by atoms with Crippen molar-refractivity contribution in [2.75, 3.05) is 6.61 Å². The maximum atomic E-state index is 11.2. The first-order valence-corrected chi connectivity index (χ1v) is 4.51. The highest BCUT2D eigenvalue weighted by molar-refractivity contribution is 5.90. The Balaban J connectivity index is 2.26. The number of rotatable bonds is 2. The summed E-state index contributed by atoms with van der Waals surface area (Å²) in [6, 6.07) is 0. The molecule has 0 aliphatic carbocycles. The van der Waals surface area contributed by atoms with Gasteiger partial charge in [-0.2, -0.15) is 5.10 Å². The molecule has 0 saturated heterocycles. The van der Waals surface area contributed by atoms with E-state index in [9.17, 15) is 4.79 Å². The van der Waals surface area contributed by atoms with Crippen LogP contribution >= 0.6 is 0 Å². The lowest BCUT2D eigenvalue weighted by atomic mass is 10.4. The summed E-state index contributed by atoms with van der Waals surface area (Å²) in [7, 11) is 0. The minimum absolute atomic E-state index is 0.350. The molecule has 0 aromatic carbocycles. The van der Waals surface area contributed by atoms with E-state index in [1.54, 1.807) is 30.2 Å². The van der Waals surface area contributed by atoms with Crippen molar-refractivity contribution in [1.29, 1.82) is 0 Å². The Kier molecular flexibility index (Phi) is 2.49. The van der Waals surface area contributed by atoms with E-state index in [1.807, 2.05) is 0 Å². The molecule has 6 heteroatoms. The van der Waals surface area contributed by atoms with Gasteiger partial charge in [0.05, 0.1) is 30.8 Å². The molecule has 0 unspecified atom stereocenters. The Labute approximate surface area is 86.3 Å². The summed E-state index contributed by atoms with van der Waals surface area (Å²) in [6.45, 7) is 2.11. The van der Waals surface area contributed by atoms with Crippen LogP contribution in [-0.4, -0.2) is 28.3 Å². The van der Waals surface area contributed by atoms with Gasteiger partial charge in [0.15, 0.2) is 0 Å². The number of nitrogens with zero attached hydrogens (tertiary/aromatic N) is 3. The van der Waals surface area contributed by atoms with Crippen LogP contribution in [-0.2, 0) is 9.53 Å². The van der Waals surface area contributed by atoms with Gasteiger partial charge in [0.2, 0.25) is 0 Å². The molecule has 0 fully saturated rings. The van der Waals surface area contributed by atoms with E-state index in [4.69, 9.17) is 4.74 Å². The third kappa shape index (κ3) is 1.88. The summed E-state index contributed by atoms with van der Waals surface area (Å²) in [4.78, 5) is 15.2. The molecule has 0 spiro atoms. The van der Waals surface area contributed by atoms with Crippen molar-refractivity contribution >= 4 is 18.0 Å². The quantitative estimate of drug-likeness (QED) is 0.553. The smallest absolute Gasteiger partial charge is 0.334 e. The standard InChI is InChI=1S/C9H10N4O2/c1-2-15-9(14)3-8-12-11-5-7-4-10-6-13(7)8/h3-6,12H,2H2,1H3/b8-3+. The predicted molar refractivity (Wildman–Crippen MR) is 53.9 cm³/mol. The van der Waals surface area contributed by atoms with Crippen molar-refractivity contribution < 1.29 is 9.53 Å². The molecule has 78 valence electrons. The van der Waals surface area contributed by atoms with Crippen molar-refractivity contribution in [1.82, 2.24) is 15.0 Å². The van der Waals surface area contributed by atoms with E-state index >= 15 is 0 Å². The number of hydrazone groups is 1. The molecule has 1 aliphatic rings. The lowest BCUT2D eigenvalue weighted by Crippen LogP contribution is -2.19. The van der Waals surface area contributed by atoms with Gasteiger partial charge in [0, 0.05) is 0 Å². The monoisotopic (exact) mass is 206 g/mol. The maximum Gasteiger partial charge on any atom is 0.334 e. The number of hydrogen-bond acceptors (Lipinski definition) is 5. The Hall–Kier alpha value is -2.11. The SMILES string of the molecule is CCOC(=O)/C=C1\NN=Cc2cncn21. The molecular formula is C9H10N4O2. The van der Waals surface area contributed by atoms with Crippen molar-refractivity contribution in [3.05, 3.63) is 24.3 Å². The first kappa shape index (κ1) is 9.45. The summed E-state index contributed by atoms with van der Waals surface area (Å²) >= 11 is 0. The fraction of sp³-hybridized carbons (Fsp3) is 0.222. The number of fused-ring (bicyclic) bond motifs is 1. The van der Waals surface area contributed by atoms with Gasteiger partial charge in [-0.25, -0.2) is 9.78 Å². The fourth-order valence-electron chi connectivity index (χ4n) is 1.22. The number of aromatic nitrogens is 2. The molecule has 2 rings (SSSR count). The molecule has 2 heterocycles. The molecule has 0 amide bonds. The fourth-order valence-corrected chi connectivity index (χ4v) is 1.22. The summed E-state index contributed by atoms with van der Waals surface area (Å²) in [5.74, 6) is 0.125. The molecule has 6 nitrogen and oxygen atoms in total. The largest absolute Gasteiger partial charge is 0.463 e. The maximum absolute atomic E-state index is 11.2. The van der Waals surface area contributed by atoms with E-state index in [0.29, 0.717) is 12.4 Å². The van der Waals surface area contributed by atoms with Crippen LogP contribution in [0.15, 0.2) is 23.7 Å². The highest BCUT2D eigenvalue weighted by Gasteiger charge is 2.11. The minimum Gasteiger partial charge on any atom is -0.463 e. The zero-order valence-electron chi connectivity index (χ0n) is 8.17. The molecule has 0 atom stereocenters. The lowest BCUT2D eigenvalue weighted by Gasteiger charge is -2.13. The van der Waals surface area contributed by atoms with Crippen LogP contribution in [0.2, 0.25) is 0 Å². The summed E-state index contributed by atoms with van der Waals surface area (Å²) in [5, 5.41) is 3.87. The van der Waals surface area contributed by atoms with Crippen LogP contribution < -0.4 is 5.43 Å². The number of nitrogens with one attached hydrogen (secondary N) is 1. The van der Waals surface area contributed by atoms with Gasteiger partial charge in [-0.1, -0.05) is 0 Å². The molecule has 0 saturated carbocycles. The van der Waals surface area contributed by atoms with Crippen LogP contribution in [0.4, 0.5) is 0 Å². The van der Waals surface area contributed by atoms with Crippen LogP contribution in [0.3, 0.4) is 0 Å². The van der Waals surface area contributed by atoms with Crippen molar-refractivity contribution in [3.8, 4) is 0 Å². The summed E-state index contributed by atoms with van der Waals surface area (Å²) in [5.41, 5.74) is 3.51. The lowest BCUT2D eigenvalue weighted by molar-refractivity contribution is -0.137. The van der Waals surface area contributed by atoms with Crippen LogP contribution in [0, 0.1) is 0 Å². The second-order valence-electron chi connectivity index (χ2n) is 2.84. The normalized spacial score (nSPS) is 15.9. The molecular weight excluding hydrogens is 196 g/mol. The van der Waals surface area contributed by atoms with E-state index in [2.05, 4.69) is 15.5 Å². The number of carbonyl (C=O) groups is 1. The Morgan fingerprint density at radius 2 is 2.60 bits per heavy atom. The number of ether oxygens (including phenoxy) is 1. The van der Waals surface area contributed by atoms with Gasteiger partial charge in [-0.15, -0.1) is 0 Å². The molecule has 0 radical (unpaired) electrons. The van der Waals surface area contributed by atoms with Gasteiger partial charge >= 0.3 is 5.97 Å². The molecule has 1 aromatic rings. The summed E-state index contributed by atoms with van der Waals surface area (Å²) < 4.78 is 6.51. The topological polar surface area (TPSA) is 68.5 Å². The number of hydrogen-bond donors (Lipinski definition) is 1. The highest BCUT2D eigenvalue weighted by Crippen LogP contribution is 2.08. The highest BCUT2D eigenvalue weighted by atomic mass is 16.5. The van der Waals surface area contributed by atoms with Crippen LogP contribution in [0.25, 0.3) is 5.82 Å². The third-order valence-electron chi connectivity index (χ3n) is 1.84. The second-order valence-corrected chi connectivity index (χ2v) is 2.84. The molecule has 1 N–H and O–H groups in total. The number of esters is 1. The molecule has 1 aliphatic heterocycles. The average molecular weight is 206 g/mol. The Morgan fingerprint density at radius 3 is 3.40 bits per heavy atom. The second kappa shape index (κ2) is 3.95. The van der Waals surface area contributed by atoms with Gasteiger partial charge in [-0.05, 0) is 6.92 Å². The van der Waals surface area contributed by atoms with Gasteiger partial charge in [0.25, 0.3) is 0 Å². The van der Waals surface area contributed by atoms with E-state index in [1.165, 1.54) is 6.08 Å². The zero-order valence-corrected chi connectivity index (χ0v) is 8.17.